The average molecular weight is 391 g/mol. The molecule has 0 unspecified atom stereocenters. The molecule has 1 atom stereocenters. The first-order chi connectivity index (χ1) is 14.1. The number of nitrogens with one attached hydrogen (secondary N) is 1. The molecule has 3 N–H and O–H groups in total. The van der Waals surface area contributed by atoms with Gasteiger partial charge in [0, 0.05) is 17.8 Å². The molecule has 1 aliphatic heterocycles. The highest BCUT2D eigenvalue weighted by molar-refractivity contribution is 5.81. The van der Waals surface area contributed by atoms with Crippen molar-refractivity contribution in [3.8, 4) is 22.8 Å². The summed E-state index contributed by atoms with van der Waals surface area (Å²) < 4.78 is 25.9. The number of aromatic nitrogens is 4. The Kier molecular flexibility index (Phi) is 4.04. The van der Waals surface area contributed by atoms with Gasteiger partial charge in [0.1, 0.15) is 23.1 Å². The first kappa shape index (κ1) is 17.4. The van der Waals surface area contributed by atoms with Crippen molar-refractivity contribution >= 4 is 17.0 Å². The van der Waals surface area contributed by atoms with Gasteiger partial charge in [-0.2, -0.15) is 0 Å². The van der Waals surface area contributed by atoms with Gasteiger partial charge in [0.2, 0.25) is 5.95 Å². The number of fused-ring (bicyclic) bond motifs is 2. The number of ether oxygens (including phenoxy) is 2. The number of rotatable bonds is 3. The monoisotopic (exact) mass is 391 g/mol. The molecule has 4 aromatic rings. The molecule has 0 bridgehead atoms. The van der Waals surface area contributed by atoms with Crippen molar-refractivity contribution in [2.75, 3.05) is 19.5 Å². The first-order valence-electron chi connectivity index (χ1n) is 9.18. The lowest BCUT2D eigenvalue weighted by Crippen LogP contribution is -2.20. The zero-order chi connectivity index (χ0) is 20.0. The zero-order valence-corrected chi connectivity index (χ0v) is 15.6. The molecule has 0 saturated heterocycles. The summed E-state index contributed by atoms with van der Waals surface area (Å²) in [7, 11) is 1.64. The molecule has 2 aromatic heterocycles. The third-order valence-corrected chi connectivity index (χ3v) is 5.10. The van der Waals surface area contributed by atoms with E-state index < -0.39 is 5.82 Å². The van der Waals surface area contributed by atoms with Gasteiger partial charge in [-0.25, -0.2) is 19.3 Å². The molecule has 146 valence electrons. The summed E-state index contributed by atoms with van der Waals surface area (Å²) in [5.74, 6) is 2.12. The summed E-state index contributed by atoms with van der Waals surface area (Å²) in [4.78, 5) is 15.9. The fraction of sp³-hybridized carbons (Fsp3) is 0.190. The van der Waals surface area contributed by atoms with E-state index in [1.165, 1.54) is 12.3 Å². The van der Waals surface area contributed by atoms with E-state index in [0.717, 1.165) is 29.3 Å². The molecule has 0 radical (unpaired) electrons. The predicted octanol–water partition coefficient (Wildman–Crippen LogP) is 3.47. The van der Waals surface area contributed by atoms with Gasteiger partial charge in [-0.05, 0) is 42.3 Å². The van der Waals surface area contributed by atoms with Gasteiger partial charge in [-0.3, -0.25) is 0 Å². The van der Waals surface area contributed by atoms with Gasteiger partial charge < -0.3 is 20.2 Å². The van der Waals surface area contributed by atoms with Gasteiger partial charge >= 0.3 is 0 Å². The molecule has 0 aliphatic carbocycles. The van der Waals surface area contributed by atoms with Crippen LogP contribution in [0.1, 0.15) is 17.3 Å². The Morgan fingerprint density at radius 2 is 2.10 bits per heavy atom. The number of anilines is 1. The smallest absolute Gasteiger partial charge is 0.220 e. The first-order valence-corrected chi connectivity index (χ1v) is 9.18. The third kappa shape index (κ3) is 3.12. The van der Waals surface area contributed by atoms with Crippen molar-refractivity contribution in [3.05, 3.63) is 59.8 Å². The van der Waals surface area contributed by atoms with Crippen LogP contribution in [0.3, 0.4) is 0 Å². The van der Waals surface area contributed by atoms with Crippen molar-refractivity contribution in [3.63, 3.8) is 0 Å². The Morgan fingerprint density at radius 3 is 2.93 bits per heavy atom. The Labute approximate surface area is 165 Å². The number of H-pyrrole nitrogens is 1. The summed E-state index contributed by atoms with van der Waals surface area (Å²) in [5, 5.41) is 0. The molecule has 7 nitrogen and oxygen atoms in total. The molecule has 3 heterocycles. The van der Waals surface area contributed by atoms with Crippen LogP contribution in [0.25, 0.3) is 22.3 Å². The van der Waals surface area contributed by atoms with E-state index in [1.807, 2.05) is 18.2 Å². The molecule has 5 rings (SSSR count). The number of nitrogens with two attached hydrogens (primary N) is 1. The Balaban J connectivity index is 1.50. The second kappa shape index (κ2) is 6.73. The highest BCUT2D eigenvalue weighted by Crippen LogP contribution is 2.35. The zero-order valence-electron chi connectivity index (χ0n) is 15.6. The Bertz CT molecular complexity index is 1220. The molecule has 0 saturated carbocycles. The fourth-order valence-corrected chi connectivity index (χ4v) is 3.64. The topological polar surface area (TPSA) is 98.9 Å². The number of nitrogens with zero attached hydrogens (tertiary/aromatic N) is 3. The van der Waals surface area contributed by atoms with Gasteiger partial charge in [-0.15, -0.1) is 0 Å². The minimum atomic E-state index is -0.402. The summed E-state index contributed by atoms with van der Waals surface area (Å²) >= 11 is 0. The summed E-state index contributed by atoms with van der Waals surface area (Å²) in [6, 6.07) is 10.5. The number of hydrogen-bond acceptors (Lipinski definition) is 6. The van der Waals surface area contributed by atoms with Gasteiger partial charge in [0.05, 0.1) is 36.4 Å². The van der Waals surface area contributed by atoms with Crippen LogP contribution < -0.4 is 15.2 Å². The van der Waals surface area contributed by atoms with E-state index in [1.54, 1.807) is 19.2 Å². The standard InChI is InChI=1S/C21H18FN5O2/c1-28-13-2-3-19-11(7-13)6-12(10-29-19)20-25-17-8-14(15(22)9-18(17)26-20)16-4-5-24-21(23)27-16/h2-5,7-9,12H,6,10H2,1H3,(H,25,26)(H2,23,24,27)/t12-/m0/s1. The molecule has 0 amide bonds. The maximum atomic E-state index is 14.7. The second-order valence-electron chi connectivity index (χ2n) is 6.96. The second-order valence-corrected chi connectivity index (χ2v) is 6.96. The van der Waals surface area contributed by atoms with Crippen LogP contribution in [-0.4, -0.2) is 33.7 Å². The highest BCUT2D eigenvalue weighted by atomic mass is 19.1. The van der Waals surface area contributed by atoms with Crippen LogP contribution in [0.5, 0.6) is 11.5 Å². The van der Waals surface area contributed by atoms with Gasteiger partial charge in [-0.1, -0.05) is 0 Å². The summed E-state index contributed by atoms with van der Waals surface area (Å²) in [5.41, 5.74) is 8.73. The lowest BCUT2D eigenvalue weighted by molar-refractivity contribution is 0.257. The van der Waals surface area contributed by atoms with Crippen LogP contribution in [-0.2, 0) is 6.42 Å². The highest BCUT2D eigenvalue weighted by Gasteiger charge is 2.25. The van der Waals surface area contributed by atoms with Gasteiger partial charge in [0.15, 0.2) is 0 Å². The SMILES string of the molecule is COc1ccc2c(c1)C[C@H](c1nc3cc(-c4ccnc(N)n4)c(F)cc3[nH]1)CO2. The largest absolute Gasteiger partial charge is 0.497 e. The van der Waals surface area contributed by atoms with E-state index in [-0.39, 0.29) is 11.9 Å². The molecule has 0 fully saturated rings. The summed E-state index contributed by atoms with van der Waals surface area (Å²) in [6.07, 6.45) is 2.26. The number of benzene rings is 2. The van der Waals surface area contributed by atoms with Crippen LogP contribution in [0.15, 0.2) is 42.6 Å². The van der Waals surface area contributed by atoms with Crippen molar-refractivity contribution in [1.82, 2.24) is 19.9 Å². The number of methoxy groups -OCH3 is 1. The minimum absolute atomic E-state index is 0.0308. The summed E-state index contributed by atoms with van der Waals surface area (Å²) in [6.45, 7) is 0.497. The maximum Gasteiger partial charge on any atom is 0.220 e. The molecular formula is C21H18FN5O2. The normalized spacial score (nSPS) is 15.7. The van der Waals surface area contributed by atoms with Crippen molar-refractivity contribution in [2.24, 2.45) is 0 Å². The molecule has 0 spiro atoms. The quantitative estimate of drug-likeness (QED) is 0.555. The van der Waals surface area contributed by atoms with E-state index in [4.69, 9.17) is 20.2 Å². The Morgan fingerprint density at radius 1 is 1.21 bits per heavy atom. The van der Waals surface area contributed by atoms with E-state index in [9.17, 15) is 4.39 Å². The molecule has 2 aromatic carbocycles. The minimum Gasteiger partial charge on any atom is -0.497 e. The number of nitrogen functional groups attached to an aromatic ring is 1. The number of halogens is 1. The van der Waals surface area contributed by atoms with Crippen molar-refractivity contribution in [1.29, 1.82) is 0 Å². The van der Waals surface area contributed by atoms with Crippen LogP contribution in [0.4, 0.5) is 10.3 Å². The van der Waals surface area contributed by atoms with Crippen molar-refractivity contribution in [2.45, 2.75) is 12.3 Å². The number of imidazole rings is 1. The molecule has 1 aliphatic rings. The van der Waals surface area contributed by atoms with Crippen molar-refractivity contribution < 1.29 is 13.9 Å². The average Bonchev–Trinajstić information content (AvgIpc) is 3.15. The fourth-order valence-electron chi connectivity index (χ4n) is 3.64. The number of hydrogen-bond donors (Lipinski definition) is 2. The number of aromatic amines is 1. The van der Waals surface area contributed by atoms with Crippen LogP contribution in [0, 0.1) is 5.82 Å². The predicted molar refractivity (Wildman–Crippen MR) is 106 cm³/mol. The molecule has 29 heavy (non-hydrogen) atoms. The lowest BCUT2D eigenvalue weighted by Gasteiger charge is -2.24. The maximum absolute atomic E-state index is 14.7. The van der Waals surface area contributed by atoms with E-state index >= 15 is 0 Å². The lowest BCUT2D eigenvalue weighted by atomic mass is 9.96. The third-order valence-electron chi connectivity index (χ3n) is 5.10. The van der Waals surface area contributed by atoms with E-state index in [0.29, 0.717) is 28.9 Å². The van der Waals surface area contributed by atoms with Crippen LogP contribution in [0.2, 0.25) is 0 Å². The van der Waals surface area contributed by atoms with Gasteiger partial charge in [0.25, 0.3) is 0 Å². The molecular weight excluding hydrogens is 373 g/mol. The van der Waals surface area contributed by atoms with E-state index in [2.05, 4.69) is 15.0 Å². The Hall–Kier alpha value is -3.68. The molecule has 8 heteroatoms. The van der Waals surface area contributed by atoms with Crippen LogP contribution >= 0.6 is 0 Å².